The maximum Gasteiger partial charge on any atom is 0.494 e. The normalized spacial score (nSPS) is 19.1. The Kier molecular flexibility index (Phi) is 4.41. The minimum Gasteiger partial charge on any atom is -0.399 e. The van der Waals surface area contributed by atoms with Crippen LogP contribution < -0.4 is 5.46 Å². The van der Waals surface area contributed by atoms with E-state index in [0.717, 1.165) is 11.0 Å². The third-order valence-corrected chi connectivity index (χ3v) is 5.01. The fourth-order valence-electron chi connectivity index (χ4n) is 2.61. The molecule has 0 bridgehead atoms. The summed E-state index contributed by atoms with van der Waals surface area (Å²) in [6.45, 7) is 10.4. The van der Waals surface area contributed by atoms with E-state index >= 15 is 0 Å². The van der Waals surface area contributed by atoms with Gasteiger partial charge in [-0.15, -0.1) is 0 Å². The standard InChI is InChI=1S/C21H25BO2/c1-16-6-8-17(9-7-16)10-11-18-12-14-19(15-13-18)22-23-20(2,3)21(4,5)24-22/h6-15H,1-5H3/b11-10+. The average molecular weight is 320 g/mol. The van der Waals surface area contributed by atoms with Crippen LogP contribution in [0.2, 0.25) is 0 Å². The van der Waals surface area contributed by atoms with E-state index in [1.807, 2.05) is 0 Å². The van der Waals surface area contributed by atoms with Crippen molar-refractivity contribution in [3.8, 4) is 0 Å². The van der Waals surface area contributed by atoms with Crippen molar-refractivity contribution in [3.63, 3.8) is 0 Å². The zero-order chi connectivity index (χ0) is 17.4. The van der Waals surface area contributed by atoms with E-state index in [4.69, 9.17) is 9.31 Å². The van der Waals surface area contributed by atoms with Gasteiger partial charge in [0.25, 0.3) is 0 Å². The van der Waals surface area contributed by atoms with Crippen molar-refractivity contribution >= 4 is 24.7 Å². The van der Waals surface area contributed by atoms with Crippen molar-refractivity contribution in [1.29, 1.82) is 0 Å². The van der Waals surface area contributed by atoms with Crippen molar-refractivity contribution in [3.05, 3.63) is 65.2 Å². The Morgan fingerprint density at radius 2 is 1.12 bits per heavy atom. The van der Waals surface area contributed by atoms with E-state index in [0.29, 0.717) is 0 Å². The van der Waals surface area contributed by atoms with E-state index in [2.05, 4.69) is 95.3 Å². The van der Waals surface area contributed by atoms with Gasteiger partial charge in [-0.05, 0) is 51.2 Å². The highest BCUT2D eigenvalue weighted by Gasteiger charge is 2.51. The summed E-state index contributed by atoms with van der Waals surface area (Å²) in [4.78, 5) is 0. The molecule has 0 unspecified atom stereocenters. The van der Waals surface area contributed by atoms with Crippen molar-refractivity contribution in [2.24, 2.45) is 0 Å². The molecule has 1 aliphatic heterocycles. The number of benzene rings is 2. The second-order valence-corrected chi connectivity index (χ2v) is 7.50. The van der Waals surface area contributed by atoms with E-state index in [-0.39, 0.29) is 18.3 Å². The molecule has 1 saturated heterocycles. The van der Waals surface area contributed by atoms with Crippen LogP contribution in [0.5, 0.6) is 0 Å². The number of hydrogen-bond acceptors (Lipinski definition) is 2. The van der Waals surface area contributed by atoms with Crippen LogP contribution in [0.1, 0.15) is 44.4 Å². The molecule has 0 aliphatic carbocycles. The number of rotatable bonds is 3. The van der Waals surface area contributed by atoms with Gasteiger partial charge in [0.15, 0.2) is 0 Å². The van der Waals surface area contributed by atoms with Gasteiger partial charge in [0.1, 0.15) is 0 Å². The number of aryl methyl sites for hydroxylation is 1. The van der Waals surface area contributed by atoms with Crippen molar-refractivity contribution < 1.29 is 9.31 Å². The molecule has 1 aliphatic rings. The smallest absolute Gasteiger partial charge is 0.399 e. The monoisotopic (exact) mass is 320 g/mol. The Bertz CT molecular complexity index is 711. The van der Waals surface area contributed by atoms with E-state index in [1.165, 1.54) is 11.1 Å². The Morgan fingerprint density at radius 3 is 1.58 bits per heavy atom. The Labute approximate surface area is 145 Å². The second kappa shape index (κ2) is 6.23. The van der Waals surface area contributed by atoms with Gasteiger partial charge in [0.05, 0.1) is 11.2 Å². The quantitative estimate of drug-likeness (QED) is 0.614. The molecule has 0 N–H and O–H groups in total. The summed E-state index contributed by atoms with van der Waals surface area (Å²) in [7, 11) is -0.301. The predicted molar refractivity (Wildman–Crippen MR) is 102 cm³/mol. The summed E-state index contributed by atoms with van der Waals surface area (Å²) >= 11 is 0. The number of hydrogen-bond donors (Lipinski definition) is 0. The third-order valence-electron chi connectivity index (χ3n) is 5.01. The molecule has 2 aromatic rings. The molecule has 0 saturated carbocycles. The van der Waals surface area contributed by atoms with Crippen LogP contribution in [0.3, 0.4) is 0 Å². The topological polar surface area (TPSA) is 18.5 Å². The molecule has 124 valence electrons. The zero-order valence-electron chi connectivity index (χ0n) is 15.2. The first-order chi connectivity index (χ1) is 11.3. The van der Waals surface area contributed by atoms with Crippen LogP contribution in [0.25, 0.3) is 12.2 Å². The Hall–Kier alpha value is -1.84. The van der Waals surface area contributed by atoms with Crippen molar-refractivity contribution in [1.82, 2.24) is 0 Å². The fourth-order valence-corrected chi connectivity index (χ4v) is 2.61. The van der Waals surface area contributed by atoms with Crippen LogP contribution in [0, 0.1) is 6.92 Å². The first-order valence-corrected chi connectivity index (χ1v) is 8.47. The second-order valence-electron chi connectivity index (χ2n) is 7.50. The van der Waals surface area contributed by atoms with E-state index in [1.54, 1.807) is 0 Å². The van der Waals surface area contributed by atoms with Crippen LogP contribution in [0.15, 0.2) is 48.5 Å². The molecule has 0 radical (unpaired) electrons. The molecule has 1 heterocycles. The molecule has 0 atom stereocenters. The van der Waals surface area contributed by atoms with Crippen LogP contribution >= 0.6 is 0 Å². The molecule has 3 heteroatoms. The molecule has 2 aromatic carbocycles. The SMILES string of the molecule is Cc1ccc(/C=C/c2ccc(B3OC(C)(C)C(C)(C)O3)cc2)cc1. The highest BCUT2D eigenvalue weighted by Crippen LogP contribution is 2.36. The molecular weight excluding hydrogens is 295 g/mol. The first kappa shape index (κ1) is 17.0. The Morgan fingerprint density at radius 1 is 0.708 bits per heavy atom. The van der Waals surface area contributed by atoms with Gasteiger partial charge in [-0.25, -0.2) is 0 Å². The van der Waals surface area contributed by atoms with E-state index in [9.17, 15) is 0 Å². The van der Waals surface area contributed by atoms with Gasteiger partial charge in [-0.1, -0.05) is 66.2 Å². The predicted octanol–water partition coefficient (Wildman–Crippen LogP) is 4.46. The molecular formula is C21H25BO2. The minimum atomic E-state index is -0.304. The van der Waals surface area contributed by atoms with Gasteiger partial charge in [0.2, 0.25) is 0 Å². The molecule has 3 rings (SSSR count). The summed E-state index contributed by atoms with van der Waals surface area (Å²) in [5.74, 6) is 0. The lowest BCUT2D eigenvalue weighted by Gasteiger charge is -2.32. The maximum absolute atomic E-state index is 6.09. The largest absolute Gasteiger partial charge is 0.494 e. The van der Waals surface area contributed by atoms with Crippen molar-refractivity contribution in [2.75, 3.05) is 0 Å². The maximum atomic E-state index is 6.09. The summed E-state index contributed by atoms with van der Waals surface area (Å²) < 4.78 is 12.2. The summed E-state index contributed by atoms with van der Waals surface area (Å²) in [5, 5.41) is 0. The zero-order valence-corrected chi connectivity index (χ0v) is 15.2. The molecule has 1 fully saturated rings. The van der Waals surface area contributed by atoms with Crippen LogP contribution in [-0.4, -0.2) is 18.3 Å². The molecule has 24 heavy (non-hydrogen) atoms. The van der Waals surface area contributed by atoms with Crippen LogP contribution in [-0.2, 0) is 9.31 Å². The fraction of sp³-hybridized carbons (Fsp3) is 0.333. The lowest BCUT2D eigenvalue weighted by molar-refractivity contribution is 0.00578. The van der Waals surface area contributed by atoms with Gasteiger partial charge >= 0.3 is 7.12 Å². The van der Waals surface area contributed by atoms with Gasteiger partial charge in [0, 0.05) is 0 Å². The van der Waals surface area contributed by atoms with Gasteiger partial charge < -0.3 is 9.31 Å². The third kappa shape index (κ3) is 3.48. The van der Waals surface area contributed by atoms with Gasteiger partial charge in [-0.2, -0.15) is 0 Å². The van der Waals surface area contributed by atoms with Gasteiger partial charge in [-0.3, -0.25) is 0 Å². The molecule has 0 aromatic heterocycles. The van der Waals surface area contributed by atoms with E-state index < -0.39 is 0 Å². The van der Waals surface area contributed by atoms with Crippen LogP contribution in [0.4, 0.5) is 0 Å². The highest BCUT2D eigenvalue weighted by atomic mass is 16.7. The molecule has 0 spiro atoms. The summed E-state index contributed by atoms with van der Waals surface area (Å²) in [6.07, 6.45) is 4.25. The Balaban J connectivity index is 1.71. The minimum absolute atomic E-state index is 0.301. The molecule has 2 nitrogen and oxygen atoms in total. The van der Waals surface area contributed by atoms with Crippen molar-refractivity contribution in [2.45, 2.75) is 45.8 Å². The first-order valence-electron chi connectivity index (χ1n) is 8.47. The highest BCUT2D eigenvalue weighted by molar-refractivity contribution is 6.62. The lowest BCUT2D eigenvalue weighted by Crippen LogP contribution is -2.41. The summed E-state index contributed by atoms with van der Waals surface area (Å²) in [5.41, 5.74) is 4.09. The lowest BCUT2D eigenvalue weighted by atomic mass is 9.79. The average Bonchev–Trinajstić information content (AvgIpc) is 2.75. The molecule has 0 amide bonds. The summed E-state index contributed by atoms with van der Waals surface area (Å²) in [6, 6.07) is 16.9.